The highest BCUT2D eigenvalue weighted by molar-refractivity contribution is 5.83. The average molecular weight is 383 g/mol. The molecular formula is C24H34N2O2. The Kier molecular flexibility index (Phi) is 4.96. The van der Waals surface area contributed by atoms with E-state index in [1.807, 2.05) is 0 Å². The van der Waals surface area contributed by atoms with Gasteiger partial charge in [-0.15, -0.1) is 0 Å². The van der Waals surface area contributed by atoms with E-state index in [4.69, 9.17) is 4.74 Å². The predicted molar refractivity (Wildman–Crippen MR) is 110 cm³/mol. The second-order valence-electron chi connectivity index (χ2n) is 10.1. The number of rotatable bonds is 5. The van der Waals surface area contributed by atoms with Gasteiger partial charge >= 0.3 is 0 Å². The van der Waals surface area contributed by atoms with Crippen LogP contribution in [0.2, 0.25) is 0 Å². The molecule has 1 heterocycles. The van der Waals surface area contributed by atoms with E-state index in [0.29, 0.717) is 18.6 Å². The zero-order valence-corrected chi connectivity index (χ0v) is 17.2. The lowest BCUT2D eigenvalue weighted by Gasteiger charge is -2.55. The van der Waals surface area contributed by atoms with E-state index in [0.717, 1.165) is 63.3 Å². The van der Waals surface area contributed by atoms with Crippen LogP contribution in [0.25, 0.3) is 0 Å². The highest BCUT2D eigenvalue weighted by atomic mass is 16.5. The zero-order valence-electron chi connectivity index (χ0n) is 17.2. The third-order valence-corrected chi connectivity index (χ3v) is 7.70. The minimum Gasteiger partial charge on any atom is -0.376 e. The fraction of sp³-hybridized carbons (Fsp3) is 0.708. The number of carbonyl (C=O) groups excluding carboxylic acids is 1. The third-order valence-electron chi connectivity index (χ3n) is 7.70. The fourth-order valence-electron chi connectivity index (χ4n) is 6.89. The van der Waals surface area contributed by atoms with Gasteiger partial charge in [-0.1, -0.05) is 24.3 Å². The number of morpholine rings is 1. The van der Waals surface area contributed by atoms with E-state index in [-0.39, 0.29) is 5.41 Å². The van der Waals surface area contributed by atoms with Gasteiger partial charge in [-0.25, -0.2) is 0 Å². The highest BCUT2D eigenvalue weighted by Crippen LogP contribution is 2.60. The van der Waals surface area contributed by atoms with E-state index < -0.39 is 0 Å². The predicted octanol–water partition coefficient (Wildman–Crippen LogP) is 3.74. The van der Waals surface area contributed by atoms with Crippen LogP contribution in [0.5, 0.6) is 0 Å². The second kappa shape index (κ2) is 7.46. The first-order valence-corrected chi connectivity index (χ1v) is 11.3. The maximum atomic E-state index is 13.2. The Morgan fingerprint density at radius 1 is 1.14 bits per heavy atom. The molecular weight excluding hydrogens is 348 g/mol. The SMILES string of the molecule is CC1CN(Cc2cccc(CNC(=O)C34CC5CC(CC(C5)C3)C4)c2)CCO1. The summed E-state index contributed by atoms with van der Waals surface area (Å²) in [6.07, 6.45) is 7.88. The number of hydrogen-bond donors (Lipinski definition) is 1. The summed E-state index contributed by atoms with van der Waals surface area (Å²) in [5.41, 5.74) is 2.50. The smallest absolute Gasteiger partial charge is 0.226 e. The summed E-state index contributed by atoms with van der Waals surface area (Å²) in [5, 5.41) is 3.32. The van der Waals surface area contributed by atoms with Gasteiger partial charge in [0.05, 0.1) is 12.7 Å². The van der Waals surface area contributed by atoms with Crippen molar-refractivity contribution < 1.29 is 9.53 Å². The number of nitrogens with one attached hydrogen (secondary N) is 1. The Balaban J connectivity index is 1.19. The lowest BCUT2D eigenvalue weighted by atomic mass is 9.49. The lowest BCUT2D eigenvalue weighted by molar-refractivity contribution is -0.146. The van der Waals surface area contributed by atoms with Crippen molar-refractivity contribution in [1.29, 1.82) is 0 Å². The van der Waals surface area contributed by atoms with Crippen molar-refractivity contribution in [3.05, 3.63) is 35.4 Å². The Morgan fingerprint density at radius 3 is 2.50 bits per heavy atom. The molecule has 1 aromatic rings. The minimum absolute atomic E-state index is 0.0453. The Hall–Kier alpha value is -1.39. The molecule has 0 spiro atoms. The molecule has 5 aliphatic rings. The first-order chi connectivity index (χ1) is 13.6. The van der Waals surface area contributed by atoms with Crippen molar-refractivity contribution in [3.8, 4) is 0 Å². The van der Waals surface area contributed by atoms with Crippen LogP contribution in [-0.4, -0.2) is 36.6 Å². The van der Waals surface area contributed by atoms with Gasteiger partial charge < -0.3 is 10.1 Å². The second-order valence-corrected chi connectivity index (χ2v) is 10.1. The molecule has 4 bridgehead atoms. The molecule has 4 heteroatoms. The summed E-state index contributed by atoms with van der Waals surface area (Å²) in [6.45, 7) is 6.58. The molecule has 4 saturated carbocycles. The number of benzene rings is 1. The molecule has 1 saturated heterocycles. The Morgan fingerprint density at radius 2 is 1.82 bits per heavy atom. The number of nitrogens with zero attached hydrogens (tertiary/aromatic N) is 1. The van der Waals surface area contributed by atoms with Gasteiger partial charge in [0.1, 0.15) is 0 Å². The van der Waals surface area contributed by atoms with Crippen molar-refractivity contribution in [2.45, 2.75) is 64.6 Å². The fourth-order valence-corrected chi connectivity index (χ4v) is 6.89. The number of ether oxygens (including phenoxy) is 1. The molecule has 1 amide bonds. The molecule has 5 fully saturated rings. The molecule has 28 heavy (non-hydrogen) atoms. The third kappa shape index (κ3) is 3.73. The van der Waals surface area contributed by atoms with E-state index in [9.17, 15) is 4.79 Å². The first kappa shape index (κ1) is 18.6. The largest absolute Gasteiger partial charge is 0.376 e. The normalized spacial score (nSPS) is 37.2. The molecule has 0 aromatic heterocycles. The van der Waals surface area contributed by atoms with Crippen LogP contribution < -0.4 is 5.32 Å². The van der Waals surface area contributed by atoms with E-state index in [1.165, 1.54) is 30.4 Å². The van der Waals surface area contributed by atoms with Gasteiger partial charge in [0.2, 0.25) is 5.91 Å². The maximum Gasteiger partial charge on any atom is 0.226 e. The Labute approximate surface area is 169 Å². The summed E-state index contributed by atoms with van der Waals surface area (Å²) in [6, 6.07) is 8.74. The van der Waals surface area contributed by atoms with Gasteiger partial charge in [0.25, 0.3) is 0 Å². The lowest BCUT2D eigenvalue weighted by Crippen LogP contribution is -2.53. The van der Waals surface area contributed by atoms with Crippen LogP contribution in [0.15, 0.2) is 24.3 Å². The molecule has 1 aliphatic heterocycles. The van der Waals surface area contributed by atoms with Crippen LogP contribution >= 0.6 is 0 Å². The quantitative estimate of drug-likeness (QED) is 0.843. The van der Waals surface area contributed by atoms with E-state index in [1.54, 1.807) is 0 Å². The molecule has 1 N–H and O–H groups in total. The molecule has 152 valence electrons. The van der Waals surface area contributed by atoms with Crippen molar-refractivity contribution in [2.75, 3.05) is 19.7 Å². The van der Waals surface area contributed by atoms with Crippen LogP contribution in [0, 0.1) is 23.2 Å². The van der Waals surface area contributed by atoms with Crippen LogP contribution in [0.4, 0.5) is 0 Å². The Bertz CT molecular complexity index is 696. The molecule has 1 unspecified atom stereocenters. The zero-order chi connectivity index (χ0) is 19.1. The summed E-state index contributed by atoms with van der Waals surface area (Å²) >= 11 is 0. The van der Waals surface area contributed by atoms with Crippen molar-refractivity contribution in [3.63, 3.8) is 0 Å². The van der Waals surface area contributed by atoms with Crippen molar-refractivity contribution in [2.24, 2.45) is 23.2 Å². The molecule has 6 rings (SSSR count). The van der Waals surface area contributed by atoms with E-state index in [2.05, 4.69) is 41.4 Å². The van der Waals surface area contributed by atoms with Gasteiger partial charge in [0.15, 0.2) is 0 Å². The summed E-state index contributed by atoms with van der Waals surface area (Å²) in [4.78, 5) is 15.6. The average Bonchev–Trinajstić information content (AvgIpc) is 2.65. The monoisotopic (exact) mass is 382 g/mol. The minimum atomic E-state index is -0.0453. The highest BCUT2D eigenvalue weighted by Gasteiger charge is 2.54. The molecule has 1 aromatic carbocycles. The van der Waals surface area contributed by atoms with E-state index >= 15 is 0 Å². The summed E-state index contributed by atoms with van der Waals surface area (Å²) in [7, 11) is 0. The van der Waals surface area contributed by atoms with Crippen LogP contribution in [0.1, 0.15) is 56.6 Å². The van der Waals surface area contributed by atoms with Crippen molar-refractivity contribution >= 4 is 5.91 Å². The number of carbonyl (C=O) groups is 1. The van der Waals surface area contributed by atoms with Gasteiger partial charge in [0, 0.05) is 31.6 Å². The number of hydrogen-bond acceptors (Lipinski definition) is 3. The number of amides is 1. The standard InChI is InChI=1S/C24H34N2O2/c1-17-15-26(5-6-28-17)16-19-4-2-3-18(7-19)14-25-23(27)24-11-20-8-21(12-24)10-22(9-20)13-24/h2-4,7,17,20-22H,5-6,8-16H2,1H3,(H,25,27). The molecule has 4 nitrogen and oxygen atoms in total. The maximum absolute atomic E-state index is 13.2. The molecule has 1 atom stereocenters. The summed E-state index contributed by atoms with van der Waals surface area (Å²) < 4.78 is 5.65. The van der Waals surface area contributed by atoms with Crippen LogP contribution in [0.3, 0.4) is 0 Å². The van der Waals surface area contributed by atoms with Crippen molar-refractivity contribution in [1.82, 2.24) is 10.2 Å². The molecule has 0 radical (unpaired) electrons. The first-order valence-electron chi connectivity index (χ1n) is 11.3. The topological polar surface area (TPSA) is 41.6 Å². The van der Waals surface area contributed by atoms with Crippen LogP contribution in [-0.2, 0) is 22.6 Å². The summed E-state index contributed by atoms with van der Waals surface area (Å²) in [5.74, 6) is 2.78. The van der Waals surface area contributed by atoms with Gasteiger partial charge in [-0.2, -0.15) is 0 Å². The van der Waals surface area contributed by atoms with Gasteiger partial charge in [-0.05, 0) is 74.3 Å². The van der Waals surface area contributed by atoms with Gasteiger partial charge in [-0.3, -0.25) is 9.69 Å². The molecule has 4 aliphatic carbocycles.